The smallest absolute Gasteiger partial charge is 0.276 e. The van der Waals surface area contributed by atoms with Gasteiger partial charge in [-0.3, -0.25) is 9.69 Å². The molecule has 0 N–H and O–H groups in total. The van der Waals surface area contributed by atoms with Gasteiger partial charge in [0.1, 0.15) is 11.6 Å². The fraction of sp³-hybridized carbons (Fsp3) is 0.444. The van der Waals surface area contributed by atoms with E-state index in [9.17, 15) is 9.18 Å². The van der Waals surface area contributed by atoms with E-state index >= 15 is 0 Å². The number of carbonyl (C=O) groups is 1. The first-order chi connectivity index (χ1) is 11.5. The molecule has 5 nitrogen and oxygen atoms in total. The van der Waals surface area contributed by atoms with E-state index in [0.29, 0.717) is 18.8 Å². The van der Waals surface area contributed by atoms with Crippen molar-refractivity contribution < 1.29 is 13.7 Å². The lowest BCUT2D eigenvalue weighted by Gasteiger charge is -2.34. The monoisotopic (exact) mass is 331 g/mol. The van der Waals surface area contributed by atoms with Crippen LogP contribution in [0.2, 0.25) is 0 Å². The van der Waals surface area contributed by atoms with Crippen molar-refractivity contribution >= 4 is 5.91 Å². The third-order valence-electron chi connectivity index (χ3n) is 4.30. The van der Waals surface area contributed by atoms with Gasteiger partial charge in [-0.05, 0) is 17.7 Å². The average molecular weight is 331 g/mol. The highest BCUT2D eigenvalue weighted by Gasteiger charge is 2.24. The number of benzene rings is 1. The van der Waals surface area contributed by atoms with Crippen LogP contribution < -0.4 is 0 Å². The zero-order chi connectivity index (χ0) is 17.1. The summed E-state index contributed by atoms with van der Waals surface area (Å²) in [6, 6.07) is 8.29. The lowest BCUT2D eigenvalue weighted by atomic mass is 10.1. The molecule has 1 aromatic carbocycles. The summed E-state index contributed by atoms with van der Waals surface area (Å²) >= 11 is 0. The molecule has 2 aromatic rings. The summed E-state index contributed by atoms with van der Waals surface area (Å²) in [6.45, 7) is 7.67. The van der Waals surface area contributed by atoms with Gasteiger partial charge in [0.2, 0.25) is 0 Å². The first kappa shape index (κ1) is 16.6. The third kappa shape index (κ3) is 3.82. The summed E-state index contributed by atoms with van der Waals surface area (Å²) in [6.07, 6.45) is 0. The SMILES string of the molecule is CC(C)c1cc(C(=O)N2CCN(Cc3ccc(F)cc3)CC2)no1. The second-order valence-corrected chi connectivity index (χ2v) is 6.46. The van der Waals surface area contributed by atoms with E-state index in [-0.39, 0.29) is 17.6 Å². The molecule has 1 saturated heterocycles. The Kier molecular flexibility index (Phi) is 4.94. The number of hydrogen-bond acceptors (Lipinski definition) is 4. The second-order valence-electron chi connectivity index (χ2n) is 6.46. The number of carbonyl (C=O) groups excluding carboxylic acids is 1. The Labute approximate surface area is 141 Å². The predicted octanol–water partition coefficient (Wildman–Crippen LogP) is 2.90. The Hall–Kier alpha value is -2.21. The van der Waals surface area contributed by atoms with Gasteiger partial charge in [0.25, 0.3) is 5.91 Å². The highest BCUT2D eigenvalue weighted by molar-refractivity contribution is 5.92. The first-order valence-electron chi connectivity index (χ1n) is 8.25. The number of nitrogens with zero attached hydrogens (tertiary/aromatic N) is 3. The fourth-order valence-electron chi connectivity index (χ4n) is 2.78. The number of aromatic nitrogens is 1. The first-order valence-corrected chi connectivity index (χ1v) is 8.25. The molecule has 0 unspecified atom stereocenters. The molecule has 1 aliphatic heterocycles. The number of piperazine rings is 1. The van der Waals surface area contributed by atoms with Gasteiger partial charge >= 0.3 is 0 Å². The molecule has 1 aliphatic rings. The molecule has 1 aromatic heterocycles. The van der Waals surface area contributed by atoms with E-state index < -0.39 is 0 Å². The standard InChI is InChI=1S/C18H22FN3O2/c1-13(2)17-11-16(20-24-17)18(23)22-9-7-21(8-10-22)12-14-3-5-15(19)6-4-14/h3-6,11,13H,7-10,12H2,1-2H3. The number of halogens is 1. The highest BCUT2D eigenvalue weighted by Crippen LogP contribution is 2.17. The van der Waals surface area contributed by atoms with Crippen molar-refractivity contribution in [2.24, 2.45) is 0 Å². The van der Waals surface area contributed by atoms with Crippen molar-refractivity contribution in [2.75, 3.05) is 26.2 Å². The van der Waals surface area contributed by atoms with Gasteiger partial charge in [-0.1, -0.05) is 31.1 Å². The Morgan fingerprint density at radius 1 is 1.21 bits per heavy atom. The summed E-state index contributed by atoms with van der Waals surface area (Å²) in [5.74, 6) is 0.648. The summed E-state index contributed by atoms with van der Waals surface area (Å²) < 4.78 is 18.2. The number of rotatable bonds is 4. The minimum Gasteiger partial charge on any atom is -0.360 e. The van der Waals surface area contributed by atoms with Crippen molar-refractivity contribution in [3.8, 4) is 0 Å². The van der Waals surface area contributed by atoms with Gasteiger partial charge in [0.15, 0.2) is 5.69 Å². The molecule has 6 heteroatoms. The van der Waals surface area contributed by atoms with E-state index in [0.717, 1.165) is 31.0 Å². The number of hydrogen-bond donors (Lipinski definition) is 0. The Balaban J connectivity index is 1.54. The van der Waals surface area contributed by atoms with Crippen LogP contribution in [-0.2, 0) is 6.54 Å². The van der Waals surface area contributed by atoms with Gasteiger partial charge in [-0.15, -0.1) is 0 Å². The van der Waals surface area contributed by atoms with Crippen LogP contribution in [0.4, 0.5) is 4.39 Å². The molecule has 1 fully saturated rings. The molecular formula is C18H22FN3O2. The van der Waals surface area contributed by atoms with Crippen LogP contribution in [-0.4, -0.2) is 47.0 Å². The second kappa shape index (κ2) is 7.13. The average Bonchev–Trinajstić information content (AvgIpc) is 3.07. The van der Waals surface area contributed by atoms with Crippen molar-refractivity contribution in [3.05, 3.63) is 53.2 Å². The van der Waals surface area contributed by atoms with Crippen LogP contribution in [0.25, 0.3) is 0 Å². The molecule has 0 atom stereocenters. The van der Waals surface area contributed by atoms with Crippen molar-refractivity contribution in [1.29, 1.82) is 0 Å². The molecule has 0 spiro atoms. The van der Waals surface area contributed by atoms with E-state index in [4.69, 9.17) is 4.52 Å². The Bertz CT molecular complexity index is 689. The van der Waals surface area contributed by atoms with E-state index in [1.54, 1.807) is 18.2 Å². The maximum absolute atomic E-state index is 12.9. The van der Waals surface area contributed by atoms with E-state index in [1.165, 1.54) is 12.1 Å². The number of amides is 1. The van der Waals surface area contributed by atoms with E-state index in [1.807, 2.05) is 18.7 Å². The lowest BCUT2D eigenvalue weighted by Crippen LogP contribution is -2.48. The summed E-state index contributed by atoms with van der Waals surface area (Å²) in [5.41, 5.74) is 1.46. The molecule has 0 aliphatic carbocycles. The maximum Gasteiger partial charge on any atom is 0.276 e. The van der Waals surface area contributed by atoms with Crippen LogP contribution in [0.5, 0.6) is 0 Å². The van der Waals surface area contributed by atoms with Gasteiger partial charge in [-0.25, -0.2) is 4.39 Å². The molecule has 2 heterocycles. The van der Waals surface area contributed by atoms with Crippen LogP contribution in [0.1, 0.15) is 41.6 Å². The summed E-state index contributed by atoms with van der Waals surface area (Å²) in [4.78, 5) is 16.6. The quantitative estimate of drug-likeness (QED) is 0.864. The van der Waals surface area contributed by atoms with Gasteiger partial charge in [0, 0.05) is 44.7 Å². The molecule has 24 heavy (non-hydrogen) atoms. The highest BCUT2D eigenvalue weighted by atomic mass is 19.1. The van der Waals surface area contributed by atoms with Gasteiger partial charge in [0.05, 0.1) is 0 Å². The van der Waals surface area contributed by atoms with Crippen molar-refractivity contribution in [2.45, 2.75) is 26.3 Å². The fourth-order valence-corrected chi connectivity index (χ4v) is 2.78. The van der Waals surface area contributed by atoms with E-state index in [2.05, 4.69) is 10.1 Å². The van der Waals surface area contributed by atoms with Gasteiger partial charge in [-0.2, -0.15) is 0 Å². The molecule has 0 radical (unpaired) electrons. The van der Waals surface area contributed by atoms with Crippen LogP contribution in [0, 0.1) is 5.82 Å². The molecule has 1 amide bonds. The van der Waals surface area contributed by atoms with Crippen molar-refractivity contribution in [3.63, 3.8) is 0 Å². The summed E-state index contributed by atoms with van der Waals surface area (Å²) in [5, 5.41) is 3.89. The third-order valence-corrected chi connectivity index (χ3v) is 4.30. The zero-order valence-corrected chi connectivity index (χ0v) is 14.0. The van der Waals surface area contributed by atoms with Crippen molar-refractivity contribution in [1.82, 2.24) is 15.0 Å². The van der Waals surface area contributed by atoms with Gasteiger partial charge < -0.3 is 9.42 Å². The minimum absolute atomic E-state index is 0.0768. The normalized spacial score (nSPS) is 15.9. The minimum atomic E-state index is -0.220. The Morgan fingerprint density at radius 2 is 1.88 bits per heavy atom. The molecular weight excluding hydrogens is 309 g/mol. The van der Waals surface area contributed by atoms with Crippen LogP contribution >= 0.6 is 0 Å². The predicted molar refractivity (Wildman–Crippen MR) is 88.2 cm³/mol. The zero-order valence-electron chi connectivity index (χ0n) is 14.0. The molecule has 0 saturated carbocycles. The largest absolute Gasteiger partial charge is 0.360 e. The van der Waals surface area contributed by atoms with Crippen LogP contribution in [0.15, 0.2) is 34.9 Å². The topological polar surface area (TPSA) is 49.6 Å². The summed E-state index contributed by atoms with van der Waals surface area (Å²) in [7, 11) is 0. The molecule has 0 bridgehead atoms. The Morgan fingerprint density at radius 3 is 2.46 bits per heavy atom. The van der Waals surface area contributed by atoms with Crippen LogP contribution in [0.3, 0.4) is 0 Å². The lowest BCUT2D eigenvalue weighted by molar-refractivity contribution is 0.0618. The molecule has 128 valence electrons. The maximum atomic E-state index is 12.9. The molecule has 3 rings (SSSR count).